The summed E-state index contributed by atoms with van der Waals surface area (Å²) in [5.41, 5.74) is 4.13. The second kappa shape index (κ2) is 6.60. The number of carbonyl (C=O) groups excluding carboxylic acids is 1. The monoisotopic (exact) mass is 296 g/mol. The molecule has 0 spiro atoms. The summed E-state index contributed by atoms with van der Waals surface area (Å²) in [6.45, 7) is 0.798. The molecule has 0 saturated heterocycles. The summed E-state index contributed by atoms with van der Waals surface area (Å²) >= 11 is 0. The number of ether oxygens (including phenoxy) is 1. The Labute approximate surface area is 130 Å². The first-order valence-corrected chi connectivity index (χ1v) is 7.63. The first-order chi connectivity index (χ1) is 10.8. The molecule has 1 atom stereocenters. The highest BCUT2D eigenvalue weighted by atomic mass is 16.5. The maximum absolute atomic E-state index is 11.8. The van der Waals surface area contributed by atoms with E-state index >= 15 is 0 Å². The van der Waals surface area contributed by atoms with Gasteiger partial charge in [0.05, 0.1) is 24.6 Å². The van der Waals surface area contributed by atoms with Gasteiger partial charge in [-0.15, -0.1) is 0 Å². The van der Waals surface area contributed by atoms with Gasteiger partial charge in [-0.1, -0.05) is 24.3 Å². The van der Waals surface area contributed by atoms with Crippen LogP contribution in [0.1, 0.15) is 40.2 Å². The van der Waals surface area contributed by atoms with Crippen LogP contribution >= 0.6 is 0 Å². The van der Waals surface area contributed by atoms with Gasteiger partial charge in [0.25, 0.3) is 0 Å². The third-order valence-electron chi connectivity index (χ3n) is 4.26. The van der Waals surface area contributed by atoms with E-state index in [0.29, 0.717) is 11.5 Å². The first-order valence-electron chi connectivity index (χ1n) is 7.63. The molecule has 0 saturated carbocycles. The van der Waals surface area contributed by atoms with Gasteiger partial charge < -0.3 is 10.1 Å². The highest BCUT2D eigenvalue weighted by molar-refractivity contribution is 5.95. The van der Waals surface area contributed by atoms with Crippen molar-refractivity contribution in [3.63, 3.8) is 0 Å². The summed E-state index contributed by atoms with van der Waals surface area (Å²) in [7, 11) is 1.39. The molecule has 0 aliphatic heterocycles. The van der Waals surface area contributed by atoms with Crippen molar-refractivity contribution in [2.24, 2.45) is 0 Å². The highest BCUT2D eigenvalue weighted by Gasteiger charge is 2.20. The van der Waals surface area contributed by atoms with Crippen LogP contribution in [-0.2, 0) is 11.2 Å². The van der Waals surface area contributed by atoms with Crippen LogP contribution in [0.4, 0.5) is 5.69 Å². The Hall–Kier alpha value is -2.36. The van der Waals surface area contributed by atoms with E-state index in [0.717, 1.165) is 25.1 Å². The zero-order valence-electron chi connectivity index (χ0n) is 12.7. The van der Waals surface area contributed by atoms with Gasteiger partial charge in [-0.05, 0) is 36.5 Å². The third kappa shape index (κ3) is 2.96. The lowest BCUT2D eigenvalue weighted by molar-refractivity contribution is 0.0601. The van der Waals surface area contributed by atoms with Gasteiger partial charge in [-0.2, -0.15) is 0 Å². The van der Waals surface area contributed by atoms with Gasteiger partial charge >= 0.3 is 5.97 Å². The number of hydrogen-bond donors (Lipinski definition) is 1. The zero-order valence-corrected chi connectivity index (χ0v) is 12.7. The average Bonchev–Trinajstić information content (AvgIpc) is 2.59. The molecule has 0 radical (unpaired) electrons. The van der Waals surface area contributed by atoms with Gasteiger partial charge in [-0.3, -0.25) is 4.98 Å². The minimum absolute atomic E-state index is 0.339. The fourth-order valence-electron chi connectivity index (χ4n) is 3.12. The molecular weight excluding hydrogens is 276 g/mol. The molecule has 4 heteroatoms. The van der Waals surface area contributed by atoms with E-state index < -0.39 is 0 Å². The number of nitrogens with zero attached hydrogens (tertiary/aromatic N) is 1. The summed E-state index contributed by atoms with van der Waals surface area (Å²) in [5, 5.41) is 3.38. The Morgan fingerprint density at radius 2 is 2.23 bits per heavy atom. The quantitative estimate of drug-likeness (QED) is 0.879. The molecule has 22 heavy (non-hydrogen) atoms. The predicted molar refractivity (Wildman–Crippen MR) is 86.2 cm³/mol. The molecule has 1 heterocycles. The fourth-order valence-corrected chi connectivity index (χ4v) is 3.12. The number of esters is 1. The van der Waals surface area contributed by atoms with E-state index in [2.05, 4.69) is 34.6 Å². The van der Waals surface area contributed by atoms with Gasteiger partial charge in [0.1, 0.15) is 0 Å². The summed E-state index contributed by atoms with van der Waals surface area (Å²) in [4.78, 5) is 15.9. The molecule has 1 aliphatic carbocycles. The van der Waals surface area contributed by atoms with E-state index in [-0.39, 0.29) is 5.97 Å². The van der Waals surface area contributed by atoms with Crippen LogP contribution in [0.2, 0.25) is 0 Å². The van der Waals surface area contributed by atoms with Gasteiger partial charge in [0.2, 0.25) is 0 Å². The lowest BCUT2D eigenvalue weighted by Gasteiger charge is -2.26. The van der Waals surface area contributed by atoms with E-state index in [1.807, 2.05) is 0 Å². The Bertz CT molecular complexity index is 670. The van der Waals surface area contributed by atoms with Crippen molar-refractivity contribution in [3.8, 4) is 0 Å². The lowest BCUT2D eigenvalue weighted by atomic mass is 9.83. The smallest absolute Gasteiger partial charge is 0.340 e. The van der Waals surface area contributed by atoms with E-state index in [9.17, 15) is 4.79 Å². The molecule has 4 nitrogen and oxygen atoms in total. The Balaban J connectivity index is 1.76. The summed E-state index contributed by atoms with van der Waals surface area (Å²) in [5.74, 6) is 0.129. The largest absolute Gasteiger partial charge is 0.465 e. The van der Waals surface area contributed by atoms with Crippen molar-refractivity contribution < 1.29 is 9.53 Å². The Kier molecular flexibility index (Phi) is 4.37. The molecule has 0 bridgehead atoms. The molecule has 1 aromatic carbocycles. The van der Waals surface area contributed by atoms with Gasteiger partial charge in [0, 0.05) is 18.7 Å². The lowest BCUT2D eigenvalue weighted by Crippen LogP contribution is -2.19. The van der Waals surface area contributed by atoms with Crippen LogP contribution in [-0.4, -0.2) is 24.6 Å². The molecule has 2 aromatic rings. The second-order valence-electron chi connectivity index (χ2n) is 5.58. The maximum atomic E-state index is 11.8. The molecule has 0 fully saturated rings. The van der Waals surface area contributed by atoms with Crippen LogP contribution in [0.5, 0.6) is 0 Å². The predicted octanol–water partition coefficient (Wildman–Crippen LogP) is 3.40. The Morgan fingerprint density at radius 1 is 1.36 bits per heavy atom. The van der Waals surface area contributed by atoms with E-state index in [1.54, 1.807) is 18.5 Å². The average molecular weight is 296 g/mol. The number of carbonyl (C=O) groups is 1. The SMILES string of the molecule is COC(=O)c1ccncc1NCC1CCCc2ccccc21. The topological polar surface area (TPSA) is 51.2 Å². The molecule has 0 amide bonds. The summed E-state index contributed by atoms with van der Waals surface area (Å²) < 4.78 is 4.82. The van der Waals surface area contributed by atoms with Crippen molar-refractivity contribution in [3.05, 3.63) is 59.4 Å². The zero-order chi connectivity index (χ0) is 15.4. The van der Waals surface area contributed by atoms with Crippen LogP contribution < -0.4 is 5.32 Å². The molecular formula is C18H20N2O2. The third-order valence-corrected chi connectivity index (χ3v) is 4.26. The number of benzene rings is 1. The normalized spacial score (nSPS) is 16.7. The van der Waals surface area contributed by atoms with Crippen molar-refractivity contribution >= 4 is 11.7 Å². The van der Waals surface area contributed by atoms with Crippen molar-refractivity contribution in [1.82, 2.24) is 4.98 Å². The van der Waals surface area contributed by atoms with Gasteiger partial charge in [0.15, 0.2) is 0 Å². The van der Waals surface area contributed by atoms with Crippen molar-refractivity contribution in [2.75, 3.05) is 19.0 Å². The minimum atomic E-state index is -0.339. The number of methoxy groups -OCH3 is 1. The molecule has 1 N–H and O–H groups in total. The number of fused-ring (bicyclic) bond motifs is 1. The van der Waals surface area contributed by atoms with Crippen LogP contribution in [0, 0.1) is 0 Å². The van der Waals surface area contributed by atoms with Crippen molar-refractivity contribution in [1.29, 1.82) is 0 Å². The van der Waals surface area contributed by atoms with Gasteiger partial charge in [-0.25, -0.2) is 4.79 Å². The molecule has 3 rings (SSSR count). The van der Waals surface area contributed by atoms with Crippen LogP contribution in [0.25, 0.3) is 0 Å². The fraction of sp³-hybridized carbons (Fsp3) is 0.333. The standard InChI is InChI=1S/C18H20N2O2/c1-22-18(21)16-9-10-19-12-17(16)20-11-14-7-4-6-13-5-2-3-8-15(13)14/h2-3,5,8-10,12,14,20H,4,6-7,11H2,1H3. The van der Waals surface area contributed by atoms with Crippen molar-refractivity contribution in [2.45, 2.75) is 25.2 Å². The number of pyridine rings is 1. The molecule has 1 unspecified atom stereocenters. The van der Waals surface area contributed by atoms with E-state index in [1.165, 1.54) is 24.7 Å². The van der Waals surface area contributed by atoms with Crippen LogP contribution in [0.3, 0.4) is 0 Å². The van der Waals surface area contributed by atoms with E-state index in [4.69, 9.17) is 4.74 Å². The number of aromatic nitrogens is 1. The maximum Gasteiger partial charge on any atom is 0.340 e. The number of rotatable bonds is 4. The molecule has 1 aliphatic rings. The Morgan fingerprint density at radius 3 is 3.09 bits per heavy atom. The number of aryl methyl sites for hydroxylation is 1. The number of anilines is 1. The number of hydrogen-bond acceptors (Lipinski definition) is 4. The molecule has 1 aromatic heterocycles. The second-order valence-corrected chi connectivity index (χ2v) is 5.58. The summed E-state index contributed by atoms with van der Waals surface area (Å²) in [6, 6.07) is 10.3. The number of nitrogens with one attached hydrogen (secondary N) is 1. The highest BCUT2D eigenvalue weighted by Crippen LogP contribution is 2.31. The molecule has 114 valence electrons. The minimum Gasteiger partial charge on any atom is -0.465 e. The van der Waals surface area contributed by atoms with Crippen LogP contribution in [0.15, 0.2) is 42.7 Å². The first kappa shape index (κ1) is 14.6. The summed E-state index contributed by atoms with van der Waals surface area (Å²) in [6.07, 6.45) is 6.82.